The van der Waals surface area contributed by atoms with Gasteiger partial charge in [-0.25, -0.2) is 4.79 Å². The Hall–Kier alpha value is -2.23. The van der Waals surface area contributed by atoms with E-state index in [0.29, 0.717) is 27.9 Å². The van der Waals surface area contributed by atoms with Gasteiger partial charge in [-0.05, 0) is 45.1 Å². The number of halogens is 1. The summed E-state index contributed by atoms with van der Waals surface area (Å²) in [7, 11) is 3.17. The van der Waals surface area contributed by atoms with Crippen LogP contribution in [0.3, 0.4) is 0 Å². The van der Waals surface area contributed by atoms with Crippen molar-refractivity contribution < 1.29 is 23.8 Å². The Bertz CT molecular complexity index is 860. The van der Waals surface area contributed by atoms with Crippen molar-refractivity contribution in [3.8, 4) is 5.75 Å². The fraction of sp³-hybridized carbons (Fsp3) is 0.667. The predicted molar refractivity (Wildman–Crippen MR) is 131 cm³/mol. The molecule has 190 valence electrons. The molecule has 0 aromatic heterocycles. The van der Waals surface area contributed by atoms with Gasteiger partial charge in [0.05, 0.1) is 41.6 Å². The van der Waals surface area contributed by atoms with Gasteiger partial charge >= 0.3 is 6.09 Å². The van der Waals surface area contributed by atoms with E-state index in [-0.39, 0.29) is 30.3 Å². The van der Waals surface area contributed by atoms with Crippen LogP contribution < -0.4 is 15.8 Å². The Kier molecular flexibility index (Phi) is 9.27. The van der Waals surface area contributed by atoms with Gasteiger partial charge in [-0.15, -0.1) is 0 Å². The van der Waals surface area contributed by atoms with E-state index in [4.69, 9.17) is 31.5 Å². The van der Waals surface area contributed by atoms with Gasteiger partial charge in [0.15, 0.2) is 0 Å². The first-order chi connectivity index (χ1) is 16.2. The molecule has 10 heteroatoms. The zero-order chi connectivity index (χ0) is 24.8. The standard InChI is InChI=1S/C24H37ClN4O5/c1-15(2)34-24(31)29-9-5-16(6-10-29)13-28-8-7-20(22(14-28)33-4)27-23(30)17-11-18(25)19(26)12-21(17)32-3/h11-12,15-16,20,22H,5-10,13-14,26H2,1-4H3,(H,27,30). The summed E-state index contributed by atoms with van der Waals surface area (Å²) in [5, 5.41) is 3.40. The second kappa shape index (κ2) is 12.0. The summed E-state index contributed by atoms with van der Waals surface area (Å²) in [5.74, 6) is 0.641. The molecule has 2 aliphatic heterocycles. The lowest BCUT2D eigenvalue weighted by atomic mass is 9.94. The molecule has 0 bridgehead atoms. The highest BCUT2D eigenvalue weighted by atomic mass is 35.5. The number of ether oxygens (including phenoxy) is 3. The number of carbonyl (C=O) groups excluding carboxylic acids is 2. The van der Waals surface area contributed by atoms with Gasteiger partial charge in [0.2, 0.25) is 0 Å². The molecule has 2 aliphatic rings. The van der Waals surface area contributed by atoms with Gasteiger partial charge in [0, 0.05) is 45.9 Å². The molecule has 2 fully saturated rings. The third-order valence-electron chi connectivity index (χ3n) is 6.55. The molecule has 0 saturated carbocycles. The number of nitrogens with two attached hydrogens (primary N) is 1. The second-order valence-electron chi connectivity index (χ2n) is 9.34. The number of amides is 2. The van der Waals surface area contributed by atoms with Crippen LogP contribution in [-0.4, -0.2) is 87.0 Å². The molecule has 3 rings (SSSR count). The van der Waals surface area contributed by atoms with Crippen LogP contribution in [0.1, 0.15) is 43.5 Å². The lowest BCUT2D eigenvalue weighted by Crippen LogP contribution is -2.55. The van der Waals surface area contributed by atoms with Crippen LogP contribution in [0, 0.1) is 5.92 Å². The summed E-state index contributed by atoms with van der Waals surface area (Å²) in [4.78, 5) is 29.3. The molecule has 2 saturated heterocycles. The minimum absolute atomic E-state index is 0.101. The third kappa shape index (κ3) is 6.67. The van der Waals surface area contributed by atoms with Crippen LogP contribution in [-0.2, 0) is 9.47 Å². The number of benzene rings is 1. The van der Waals surface area contributed by atoms with Gasteiger partial charge in [0.1, 0.15) is 5.75 Å². The second-order valence-corrected chi connectivity index (χ2v) is 9.75. The van der Waals surface area contributed by atoms with E-state index in [1.165, 1.54) is 13.2 Å². The maximum Gasteiger partial charge on any atom is 0.410 e. The van der Waals surface area contributed by atoms with Crippen molar-refractivity contribution in [1.29, 1.82) is 0 Å². The number of nitrogens with one attached hydrogen (secondary N) is 1. The number of nitrogens with zero attached hydrogens (tertiary/aromatic N) is 2. The molecule has 9 nitrogen and oxygen atoms in total. The average Bonchev–Trinajstić information content (AvgIpc) is 2.81. The molecule has 2 heterocycles. The average molecular weight is 497 g/mol. The molecule has 0 radical (unpaired) electrons. The number of carbonyl (C=O) groups is 2. The summed E-state index contributed by atoms with van der Waals surface area (Å²) in [6.45, 7) is 7.73. The van der Waals surface area contributed by atoms with Crippen molar-refractivity contribution in [2.45, 2.75) is 51.4 Å². The van der Waals surface area contributed by atoms with Crippen molar-refractivity contribution in [2.75, 3.05) is 52.7 Å². The first-order valence-electron chi connectivity index (χ1n) is 11.9. The first kappa shape index (κ1) is 26.4. The van der Waals surface area contributed by atoms with Gasteiger partial charge in [-0.2, -0.15) is 0 Å². The van der Waals surface area contributed by atoms with E-state index in [1.54, 1.807) is 18.1 Å². The van der Waals surface area contributed by atoms with Crippen LogP contribution in [0.5, 0.6) is 5.75 Å². The van der Waals surface area contributed by atoms with Crippen molar-refractivity contribution in [2.24, 2.45) is 5.92 Å². The smallest absolute Gasteiger partial charge is 0.410 e. The Morgan fingerprint density at radius 2 is 1.88 bits per heavy atom. The monoisotopic (exact) mass is 496 g/mol. The normalized spacial score (nSPS) is 22.0. The van der Waals surface area contributed by atoms with E-state index < -0.39 is 0 Å². The first-order valence-corrected chi connectivity index (χ1v) is 12.2. The number of rotatable bonds is 7. The Labute approximate surface area is 206 Å². The minimum atomic E-state index is -0.264. The number of hydrogen-bond donors (Lipinski definition) is 2. The lowest BCUT2D eigenvalue weighted by molar-refractivity contribution is -0.00181. The molecule has 1 aromatic carbocycles. The van der Waals surface area contributed by atoms with E-state index in [1.807, 2.05) is 13.8 Å². The van der Waals surface area contributed by atoms with E-state index in [0.717, 1.165) is 52.0 Å². The highest BCUT2D eigenvalue weighted by molar-refractivity contribution is 6.33. The summed E-state index contributed by atoms with van der Waals surface area (Å²) in [6.07, 6.45) is 2.24. The molecule has 1 aromatic rings. The Morgan fingerprint density at radius 3 is 2.50 bits per heavy atom. The number of methoxy groups -OCH3 is 2. The SMILES string of the molecule is COc1cc(N)c(Cl)cc1C(=O)NC1CCN(CC2CCN(C(=O)OC(C)C)CC2)CC1OC. The van der Waals surface area contributed by atoms with E-state index in [2.05, 4.69) is 10.2 Å². The zero-order valence-corrected chi connectivity index (χ0v) is 21.3. The number of hydrogen-bond acceptors (Lipinski definition) is 7. The highest BCUT2D eigenvalue weighted by Crippen LogP contribution is 2.29. The molecule has 2 unspecified atom stereocenters. The van der Waals surface area contributed by atoms with Crippen molar-refractivity contribution in [3.63, 3.8) is 0 Å². The molecule has 2 amide bonds. The molecule has 3 N–H and O–H groups in total. The summed E-state index contributed by atoms with van der Waals surface area (Å²) in [5.41, 5.74) is 6.54. The van der Waals surface area contributed by atoms with Crippen LogP contribution in [0.2, 0.25) is 5.02 Å². The molecule has 0 aliphatic carbocycles. The van der Waals surface area contributed by atoms with Crippen molar-refractivity contribution in [3.05, 3.63) is 22.7 Å². The number of anilines is 1. The zero-order valence-electron chi connectivity index (χ0n) is 20.5. The van der Waals surface area contributed by atoms with E-state index >= 15 is 0 Å². The molecule has 2 atom stereocenters. The van der Waals surface area contributed by atoms with E-state index in [9.17, 15) is 9.59 Å². The van der Waals surface area contributed by atoms with Gasteiger partial charge in [0.25, 0.3) is 5.91 Å². The Morgan fingerprint density at radius 1 is 1.18 bits per heavy atom. The van der Waals surface area contributed by atoms with Crippen molar-refractivity contribution in [1.82, 2.24) is 15.1 Å². The Balaban J connectivity index is 1.51. The topological polar surface area (TPSA) is 106 Å². The molecular weight excluding hydrogens is 460 g/mol. The quantitative estimate of drug-likeness (QED) is 0.559. The van der Waals surface area contributed by atoms with Crippen LogP contribution >= 0.6 is 11.6 Å². The predicted octanol–water partition coefficient (Wildman–Crippen LogP) is 3.01. The number of nitrogen functional groups attached to an aromatic ring is 1. The molecule has 0 spiro atoms. The van der Waals surface area contributed by atoms with Gasteiger partial charge in [-0.1, -0.05) is 11.6 Å². The van der Waals surface area contributed by atoms with Crippen LogP contribution in [0.4, 0.5) is 10.5 Å². The fourth-order valence-corrected chi connectivity index (χ4v) is 4.81. The van der Waals surface area contributed by atoms with Gasteiger partial charge < -0.3 is 35.1 Å². The van der Waals surface area contributed by atoms with Gasteiger partial charge in [-0.3, -0.25) is 4.79 Å². The molecular formula is C24H37ClN4O5. The highest BCUT2D eigenvalue weighted by Gasteiger charge is 2.33. The molecule has 34 heavy (non-hydrogen) atoms. The minimum Gasteiger partial charge on any atom is -0.496 e. The fourth-order valence-electron chi connectivity index (χ4n) is 4.65. The maximum atomic E-state index is 13.0. The lowest BCUT2D eigenvalue weighted by Gasteiger charge is -2.41. The summed E-state index contributed by atoms with van der Waals surface area (Å²) >= 11 is 6.13. The summed E-state index contributed by atoms with van der Waals surface area (Å²) < 4.78 is 16.4. The number of piperidine rings is 2. The largest absolute Gasteiger partial charge is 0.496 e. The number of likely N-dealkylation sites (tertiary alicyclic amines) is 2. The maximum absolute atomic E-state index is 13.0. The van der Waals surface area contributed by atoms with Crippen LogP contribution in [0.25, 0.3) is 0 Å². The third-order valence-corrected chi connectivity index (χ3v) is 6.88. The van der Waals surface area contributed by atoms with Crippen molar-refractivity contribution >= 4 is 29.3 Å². The summed E-state index contributed by atoms with van der Waals surface area (Å²) in [6, 6.07) is 2.97. The van der Waals surface area contributed by atoms with Crippen LogP contribution in [0.15, 0.2) is 12.1 Å².